The third kappa shape index (κ3) is 8.12. The summed E-state index contributed by atoms with van der Waals surface area (Å²) in [4.78, 5) is 28.7. The van der Waals surface area contributed by atoms with Crippen LogP contribution in [0.3, 0.4) is 0 Å². The standard InChI is InChI=1S/C36H34N8O4S3/c45-44(46)34-23-29(11-13-32(34)37-14-20-49-36-38-15-21-50-36)51(47,48)41-35-31-12-10-28(22-33(31)39-25-40-35)43-18-16-42(17-19-43)24-27-8-4-5-9-30(27)26-6-2-1-3-7-26/h1-13,15,21-23,25,37H,14,16-20,24H2,(H,39,40,41). The van der Waals surface area contributed by atoms with Crippen LogP contribution >= 0.6 is 23.1 Å². The van der Waals surface area contributed by atoms with Gasteiger partial charge in [-0.25, -0.2) is 23.4 Å². The highest BCUT2D eigenvalue weighted by molar-refractivity contribution is 8.01. The van der Waals surface area contributed by atoms with Crippen LogP contribution in [-0.2, 0) is 16.6 Å². The topological polar surface area (TPSA) is 146 Å². The lowest BCUT2D eigenvalue weighted by Crippen LogP contribution is -2.46. The van der Waals surface area contributed by atoms with E-state index in [4.69, 9.17) is 0 Å². The van der Waals surface area contributed by atoms with Gasteiger partial charge in [0, 0.05) is 73.7 Å². The van der Waals surface area contributed by atoms with Crippen LogP contribution in [0.4, 0.5) is 22.9 Å². The fourth-order valence-electron chi connectivity index (χ4n) is 6.06. The first-order chi connectivity index (χ1) is 24.8. The molecule has 4 aromatic carbocycles. The Kier molecular flexibility index (Phi) is 10.4. The molecule has 0 radical (unpaired) electrons. The molecule has 260 valence electrons. The van der Waals surface area contributed by atoms with Crippen molar-refractivity contribution in [2.24, 2.45) is 0 Å². The van der Waals surface area contributed by atoms with Gasteiger partial charge in [-0.1, -0.05) is 66.4 Å². The Labute approximate surface area is 303 Å². The highest BCUT2D eigenvalue weighted by Gasteiger charge is 2.24. The van der Waals surface area contributed by atoms with E-state index in [9.17, 15) is 18.5 Å². The van der Waals surface area contributed by atoms with Crippen molar-refractivity contribution >= 4 is 66.9 Å². The number of sulfonamides is 1. The van der Waals surface area contributed by atoms with E-state index < -0.39 is 14.9 Å². The van der Waals surface area contributed by atoms with Crippen LogP contribution in [0, 0.1) is 10.1 Å². The van der Waals surface area contributed by atoms with Crippen molar-refractivity contribution in [1.82, 2.24) is 19.9 Å². The molecular weight excluding hydrogens is 705 g/mol. The van der Waals surface area contributed by atoms with Gasteiger partial charge in [-0.2, -0.15) is 0 Å². The van der Waals surface area contributed by atoms with Crippen molar-refractivity contribution < 1.29 is 13.3 Å². The highest BCUT2D eigenvalue weighted by Crippen LogP contribution is 2.31. The van der Waals surface area contributed by atoms with Crippen LogP contribution in [0.2, 0.25) is 0 Å². The predicted octanol–water partition coefficient (Wildman–Crippen LogP) is 6.99. The summed E-state index contributed by atoms with van der Waals surface area (Å²) in [5.41, 5.74) is 5.23. The molecule has 51 heavy (non-hydrogen) atoms. The molecule has 0 amide bonds. The van der Waals surface area contributed by atoms with Gasteiger partial charge >= 0.3 is 0 Å². The summed E-state index contributed by atoms with van der Waals surface area (Å²) in [5, 5.41) is 17.3. The number of rotatable bonds is 13. The summed E-state index contributed by atoms with van der Waals surface area (Å²) in [6, 6.07) is 28.5. The molecule has 0 bridgehead atoms. The number of benzene rings is 4. The summed E-state index contributed by atoms with van der Waals surface area (Å²) in [7, 11) is -4.22. The molecule has 0 atom stereocenters. The Morgan fingerprint density at radius 1 is 0.902 bits per heavy atom. The second-order valence-electron chi connectivity index (χ2n) is 11.8. The molecule has 2 aromatic heterocycles. The first kappa shape index (κ1) is 34.4. The number of piperazine rings is 1. The summed E-state index contributed by atoms with van der Waals surface area (Å²) < 4.78 is 30.4. The molecule has 0 unspecified atom stereocenters. The maximum absolute atomic E-state index is 13.5. The lowest BCUT2D eigenvalue weighted by molar-refractivity contribution is -0.384. The van der Waals surface area contributed by atoms with Crippen LogP contribution in [0.5, 0.6) is 0 Å². The maximum atomic E-state index is 13.5. The largest absolute Gasteiger partial charge is 0.379 e. The van der Waals surface area contributed by atoms with E-state index in [0.717, 1.165) is 48.8 Å². The van der Waals surface area contributed by atoms with E-state index in [-0.39, 0.29) is 22.1 Å². The SMILES string of the molecule is O=[N+]([O-])c1cc(S(=O)(=O)Nc2ncnc3cc(N4CCN(Cc5ccccc5-c5ccccc5)CC4)ccc23)ccc1NCCSc1nccs1. The molecule has 15 heteroatoms. The Morgan fingerprint density at radius 3 is 2.49 bits per heavy atom. The molecule has 1 saturated heterocycles. The molecule has 1 aliphatic heterocycles. The number of anilines is 3. The molecule has 2 N–H and O–H groups in total. The molecule has 3 heterocycles. The first-order valence-electron chi connectivity index (χ1n) is 16.3. The van der Waals surface area contributed by atoms with Crippen molar-refractivity contribution in [2.45, 2.75) is 15.8 Å². The van der Waals surface area contributed by atoms with Crippen molar-refractivity contribution in [3.63, 3.8) is 0 Å². The molecule has 12 nitrogen and oxygen atoms in total. The average Bonchev–Trinajstić information content (AvgIpc) is 3.68. The van der Waals surface area contributed by atoms with Crippen molar-refractivity contribution in [3.8, 4) is 11.1 Å². The number of thioether (sulfide) groups is 1. The second kappa shape index (κ2) is 15.4. The lowest BCUT2D eigenvalue weighted by atomic mass is 9.99. The van der Waals surface area contributed by atoms with Gasteiger partial charge < -0.3 is 10.2 Å². The summed E-state index contributed by atoms with van der Waals surface area (Å²) in [6.07, 6.45) is 3.03. The molecule has 0 saturated carbocycles. The minimum absolute atomic E-state index is 0.0949. The number of hydrogen-bond acceptors (Lipinski definition) is 12. The minimum Gasteiger partial charge on any atom is -0.379 e. The van der Waals surface area contributed by atoms with Crippen molar-refractivity contribution in [1.29, 1.82) is 0 Å². The van der Waals surface area contributed by atoms with Crippen molar-refractivity contribution in [3.05, 3.63) is 125 Å². The van der Waals surface area contributed by atoms with Gasteiger partial charge in [0.05, 0.1) is 15.3 Å². The van der Waals surface area contributed by atoms with Crippen LogP contribution in [0.1, 0.15) is 5.56 Å². The van der Waals surface area contributed by atoms with E-state index in [0.29, 0.717) is 23.2 Å². The highest BCUT2D eigenvalue weighted by atomic mass is 32.2. The normalized spacial score (nSPS) is 13.7. The number of nitrogens with zero attached hydrogens (tertiary/aromatic N) is 6. The Balaban J connectivity index is 1.01. The van der Waals surface area contributed by atoms with E-state index >= 15 is 0 Å². The van der Waals surface area contributed by atoms with Crippen LogP contribution in [0.15, 0.2) is 118 Å². The van der Waals surface area contributed by atoms with Crippen molar-refractivity contribution in [2.75, 3.05) is 53.4 Å². The van der Waals surface area contributed by atoms with Crippen LogP contribution < -0.4 is 14.9 Å². The number of nitrogens with one attached hydrogen (secondary N) is 2. The molecule has 7 rings (SSSR count). The molecule has 6 aromatic rings. The monoisotopic (exact) mass is 738 g/mol. The smallest absolute Gasteiger partial charge is 0.293 e. The lowest BCUT2D eigenvalue weighted by Gasteiger charge is -2.36. The number of thiazole rings is 1. The number of hydrogen-bond donors (Lipinski definition) is 2. The number of nitro benzene ring substituents is 1. The molecule has 0 spiro atoms. The van der Waals surface area contributed by atoms with E-state index in [1.54, 1.807) is 6.20 Å². The Morgan fingerprint density at radius 2 is 1.71 bits per heavy atom. The molecule has 1 fully saturated rings. The first-order valence-corrected chi connectivity index (χ1v) is 19.6. The second-order valence-corrected chi connectivity index (χ2v) is 15.7. The Hall–Kier alpha value is -5.09. The van der Waals surface area contributed by atoms with Gasteiger partial charge in [0.1, 0.15) is 16.4 Å². The predicted molar refractivity (Wildman–Crippen MR) is 204 cm³/mol. The van der Waals surface area contributed by atoms with Gasteiger partial charge in [0.2, 0.25) is 0 Å². The zero-order valence-corrected chi connectivity index (χ0v) is 29.8. The summed E-state index contributed by atoms with van der Waals surface area (Å²) >= 11 is 3.05. The number of nitro groups is 1. The Bertz CT molecular complexity index is 2250. The zero-order valence-electron chi connectivity index (χ0n) is 27.4. The quantitative estimate of drug-likeness (QED) is 0.0547. The van der Waals surface area contributed by atoms with E-state index in [2.05, 4.69) is 83.3 Å². The fourth-order valence-corrected chi connectivity index (χ4v) is 8.67. The fraction of sp³-hybridized carbons (Fsp3) is 0.194. The van der Waals surface area contributed by atoms with Gasteiger partial charge in [-0.15, -0.1) is 11.3 Å². The van der Waals surface area contributed by atoms with Gasteiger partial charge in [-0.3, -0.25) is 19.7 Å². The third-order valence-corrected chi connectivity index (χ3v) is 11.9. The third-order valence-electron chi connectivity index (χ3n) is 8.61. The van der Waals surface area contributed by atoms with E-state index in [1.807, 2.05) is 29.6 Å². The van der Waals surface area contributed by atoms with Gasteiger partial charge in [-0.05, 0) is 47.0 Å². The molecular formula is C36H34N8O4S3. The molecule has 1 aliphatic rings. The van der Waals surface area contributed by atoms with Gasteiger partial charge in [0.25, 0.3) is 15.7 Å². The van der Waals surface area contributed by atoms with E-state index in [1.165, 1.54) is 58.2 Å². The zero-order chi connectivity index (χ0) is 35.2. The van der Waals surface area contributed by atoms with Crippen LogP contribution in [0.25, 0.3) is 22.0 Å². The van der Waals surface area contributed by atoms with Crippen LogP contribution in [-0.4, -0.2) is 71.7 Å². The number of aromatic nitrogens is 3. The summed E-state index contributed by atoms with van der Waals surface area (Å²) in [6.45, 7) is 4.74. The molecule has 0 aliphatic carbocycles. The number of fused-ring (bicyclic) bond motifs is 1. The van der Waals surface area contributed by atoms with Gasteiger partial charge in [0.15, 0.2) is 5.82 Å². The average molecular weight is 739 g/mol. The maximum Gasteiger partial charge on any atom is 0.293 e. The minimum atomic E-state index is -4.22. The summed E-state index contributed by atoms with van der Waals surface area (Å²) in [5.74, 6) is 0.729.